The van der Waals surface area contributed by atoms with Crippen LogP contribution in [-0.4, -0.2) is 61.6 Å². The van der Waals surface area contributed by atoms with E-state index >= 15 is 0 Å². The summed E-state index contributed by atoms with van der Waals surface area (Å²) in [7, 11) is 0. The van der Waals surface area contributed by atoms with E-state index in [4.69, 9.17) is 4.42 Å². The number of furan rings is 1. The number of rotatable bonds is 5. The fourth-order valence-electron chi connectivity index (χ4n) is 4.02. The summed E-state index contributed by atoms with van der Waals surface area (Å²) in [5, 5.41) is 15.4. The van der Waals surface area contributed by atoms with Gasteiger partial charge in [0, 0.05) is 32.6 Å². The third-order valence-corrected chi connectivity index (χ3v) is 6.69. The van der Waals surface area contributed by atoms with Gasteiger partial charge in [-0.25, -0.2) is 4.98 Å². The van der Waals surface area contributed by atoms with Crippen LogP contribution in [0.3, 0.4) is 0 Å². The van der Waals surface area contributed by atoms with E-state index in [9.17, 15) is 9.90 Å². The highest BCUT2D eigenvalue weighted by Gasteiger charge is 2.33. The molecule has 9 heteroatoms. The maximum absolute atomic E-state index is 12.6. The van der Waals surface area contributed by atoms with Gasteiger partial charge < -0.3 is 14.4 Å². The summed E-state index contributed by atoms with van der Waals surface area (Å²) in [6.45, 7) is 4.53. The average Bonchev–Trinajstić information content (AvgIpc) is 3.54. The summed E-state index contributed by atoms with van der Waals surface area (Å²) in [5.74, 6) is 1.13. The van der Waals surface area contributed by atoms with Crippen LogP contribution in [-0.2, 0) is 6.42 Å². The van der Waals surface area contributed by atoms with Crippen molar-refractivity contribution in [3.63, 3.8) is 0 Å². The van der Waals surface area contributed by atoms with Crippen LogP contribution in [0.1, 0.15) is 39.8 Å². The number of benzene rings is 1. The molecule has 0 aliphatic carbocycles. The van der Waals surface area contributed by atoms with E-state index in [1.807, 2.05) is 30.0 Å². The van der Waals surface area contributed by atoms with Crippen molar-refractivity contribution < 1.29 is 14.3 Å². The lowest BCUT2D eigenvalue weighted by Gasteiger charge is -2.38. The molecule has 4 heterocycles. The van der Waals surface area contributed by atoms with E-state index in [-0.39, 0.29) is 17.8 Å². The summed E-state index contributed by atoms with van der Waals surface area (Å²) in [5.41, 5.74) is 1.09. The molecule has 1 atom stereocenters. The number of carbonyl (C=O) groups is 1. The van der Waals surface area contributed by atoms with Crippen LogP contribution in [0.4, 0.5) is 0 Å². The minimum Gasteiger partial charge on any atom is -0.492 e. The first-order valence-corrected chi connectivity index (χ1v) is 11.2. The van der Waals surface area contributed by atoms with Gasteiger partial charge in [0.15, 0.2) is 11.6 Å². The first kappa shape index (κ1) is 19.8. The van der Waals surface area contributed by atoms with Gasteiger partial charge in [-0.05, 0) is 17.7 Å². The van der Waals surface area contributed by atoms with Gasteiger partial charge in [0.1, 0.15) is 0 Å². The van der Waals surface area contributed by atoms with Crippen LogP contribution in [0.15, 0.2) is 53.1 Å². The van der Waals surface area contributed by atoms with Crippen molar-refractivity contribution in [2.24, 2.45) is 0 Å². The number of amides is 1. The molecule has 160 valence electrons. The van der Waals surface area contributed by atoms with Crippen LogP contribution in [0.2, 0.25) is 0 Å². The van der Waals surface area contributed by atoms with E-state index in [0.29, 0.717) is 36.9 Å². The van der Waals surface area contributed by atoms with E-state index in [1.54, 1.807) is 12.1 Å². The molecule has 1 aliphatic rings. The smallest absolute Gasteiger partial charge is 0.289 e. The number of hydrogen-bond donors (Lipinski definition) is 1. The zero-order valence-corrected chi connectivity index (χ0v) is 18.0. The average molecular weight is 438 g/mol. The Morgan fingerprint density at radius 2 is 1.94 bits per heavy atom. The fourth-order valence-corrected chi connectivity index (χ4v) is 5.16. The molecule has 0 unspecified atom stereocenters. The Morgan fingerprint density at radius 1 is 1.16 bits per heavy atom. The highest BCUT2D eigenvalue weighted by molar-refractivity contribution is 7.17. The first-order chi connectivity index (χ1) is 15.2. The molecule has 1 saturated heterocycles. The molecule has 0 saturated carbocycles. The van der Waals surface area contributed by atoms with Crippen molar-refractivity contribution in [1.29, 1.82) is 0 Å². The molecule has 5 rings (SSSR count). The lowest BCUT2D eigenvalue weighted by Crippen LogP contribution is -2.49. The second-order valence-corrected chi connectivity index (χ2v) is 8.49. The summed E-state index contributed by atoms with van der Waals surface area (Å²) < 4.78 is 6.80. The summed E-state index contributed by atoms with van der Waals surface area (Å²) in [6, 6.07) is 13.4. The maximum atomic E-state index is 12.6. The molecule has 0 bridgehead atoms. The van der Waals surface area contributed by atoms with Gasteiger partial charge in [0.25, 0.3) is 5.91 Å². The van der Waals surface area contributed by atoms with Crippen molar-refractivity contribution in [1.82, 2.24) is 24.4 Å². The van der Waals surface area contributed by atoms with Gasteiger partial charge in [0.05, 0.1) is 17.2 Å². The Morgan fingerprint density at radius 3 is 2.58 bits per heavy atom. The van der Waals surface area contributed by atoms with Gasteiger partial charge in [-0.2, -0.15) is 4.52 Å². The van der Waals surface area contributed by atoms with Gasteiger partial charge >= 0.3 is 0 Å². The molecule has 1 amide bonds. The van der Waals surface area contributed by atoms with E-state index in [1.165, 1.54) is 22.1 Å². The number of thiazole rings is 1. The number of piperazine rings is 1. The molecule has 31 heavy (non-hydrogen) atoms. The Labute approximate surface area is 183 Å². The molecule has 0 radical (unpaired) electrons. The molecule has 1 aliphatic heterocycles. The number of aromatic hydroxyl groups is 1. The SMILES string of the molecule is CCc1nc2sc([C@@H](c3ccccc3)N3CCN(C(=O)c4ccco4)CC3)c(O)n2n1. The topological polar surface area (TPSA) is 87.1 Å². The Bertz CT molecular complexity index is 1180. The summed E-state index contributed by atoms with van der Waals surface area (Å²) in [6.07, 6.45) is 2.24. The quantitative estimate of drug-likeness (QED) is 0.516. The monoisotopic (exact) mass is 437 g/mol. The number of aromatic nitrogens is 3. The van der Waals surface area contributed by atoms with Crippen LogP contribution >= 0.6 is 11.3 Å². The zero-order valence-electron chi connectivity index (χ0n) is 17.1. The molecule has 3 aromatic heterocycles. The minimum atomic E-state index is -0.138. The van der Waals surface area contributed by atoms with Crippen LogP contribution in [0.5, 0.6) is 5.88 Å². The summed E-state index contributed by atoms with van der Waals surface area (Å²) in [4.78, 5) is 22.8. The number of fused-ring (bicyclic) bond motifs is 1. The molecule has 4 aromatic rings. The fraction of sp³-hybridized carbons (Fsp3) is 0.318. The molecule has 1 N–H and O–H groups in total. The van der Waals surface area contributed by atoms with Crippen LogP contribution in [0, 0.1) is 0 Å². The van der Waals surface area contributed by atoms with Gasteiger partial charge in [0.2, 0.25) is 10.8 Å². The van der Waals surface area contributed by atoms with Gasteiger partial charge in [-0.1, -0.05) is 48.6 Å². The Kier molecular flexibility index (Phi) is 5.21. The first-order valence-electron chi connectivity index (χ1n) is 10.3. The van der Waals surface area contributed by atoms with Gasteiger partial charge in [-0.15, -0.1) is 5.10 Å². The van der Waals surface area contributed by atoms with Crippen molar-refractivity contribution in [2.45, 2.75) is 19.4 Å². The van der Waals surface area contributed by atoms with Crippen molar-refractivity contribution in [3.05, 3.63) is 70.8 Å². The highest BCUT2D eigenvalue weighted by Crippen LogP contribution is 2.40. The van der Waals surface area contributed by atoms with Crippen molar-refractivity contribution in [2.75, 3.05) is 26.2 Å². The van der Waals surface area contributed by atoms with Crippen molar-refractivity contribution >= 4 is 22.2 Å². The molecule has 0 spiro atoms. The third-order valence-electron chi connectivity index (χ3n) is 5.62. The third kappa shape index (κ3) is 3.60. The standard InChI is InChI=1S/C22H23N5O3S/c1-2-17-23-22-27(24-17)21(29)19(31-22)18(15-7-4-3-5-8-15)25-10-12-26(13-11-25)20(28)16-9-6-14-30-16/h3-9,14,18,29H,2,10-13H2,1H3/t18-/m1/s1. The second-order valence-electron chi connectivity index (χ2n) is 7.48. The van der Waals surface area contributed by atoms with Crippen LogP contribution < -0.4 is 0 Å². The van der Waals surface area contributed by atoms with Crippen molar-refractivity contribution in [3.8, 4) is 5.88 Å². The molecule has 1 aromatic carbocycles. The largest absolute Gasteiger partial charge is 0.492 e. The molecular weight excluding hydrogens is 414 g/mol. The predicted octanol–water partition coefficient (Wildman–Crippen LogP) is 3.20. The highest BCUT2D eigenvalue weighted by atomic mass is 32.1. The Balaban J connectivity index is 1.44. The van der Waals surface area contributed by atoms with Gasteiger partial charge in [-0.3, -0.25) is 9.69 Å². The predicted molar refractivity (Wildman–Crippen MR) is 116 cm³/mol. The second kappa shape index (κ2) is 8.16. The number of carbonyl (C=O) groups excluding carboxylic acids is 1. The summed E-state index contributed by atoms with van der Waals surface area (Å²) >= 11 is 1.46. The van der Waals surface area contributed by atoms with E-state index in [2.05, 4.69) is 27.1 Å². The van der Waals surface area contributed by atoms with Crippen LogP contribution in [0.25, 0.3) is 4.96 Å². The minimum absolute atomic E-state index is 0.0883. The Hall–Kier alpha value is -3.17. The number of hydrogen-bond acceptors (Lipinski definition) is 7. The normalized spacial score (nSPS) is 16.1. The molecule has 8 nitrogen and oxygen atoms in total. The molecular formula is C22H23N5O3S. The number of aryl methyl sites for hydroxylation is 1. The van der Waals surface area contributed by atoms with E-state index < -0.39 is 0 Å². The molecule has 1 fully saturated rings. The number of nitrogens with zero attached hydrogens (tertiary/aromatic N) is 5. The lowest BCUT2D eigenvalue weighted by atomic mass is 10.0. The van der Waals surface area contributed by atoms with E-state index in [0.717, 1.165) is 22.7 Å². The zero-order chi connectivity index (χ0) is 21.4. The lowest BCUT2D eigenvalue weighted by molar-refractivity contribution is 0.0568. The maximum Gasteiger partial charge on any atom is 0.289 e.